The van der Waals surface area contributed by atoms with Crippen LogP contribution in [0.15, 0.2) is 29.2 Å². The fourth-order valence-electron chi connectivity index (χ4n) is 1.19. The number of methoxy groups -OCH3 is 1. The number of phenolic OH excluding ortho intramolecular Hbond substituents is 1. The van der Waals surface area contributed by atoms with Crippen LogP contribution in [-0.4, -0.2) is 37.0 Å². The highest BCUT2D eigenvalue weighted by Gasteiger charge is 2.02. The molecule has 0 heterocycles. The molecule has 17 heavy (non-hydrogen) atoms. The van der Waals surface area contributed by atoms with Crippen LogP contribution < -0.4 is 5.32 Å². The number of phenols is 1. The highest BCUT2D eigenvalue weighted by Crippen LogP contribution is 2.20. The zero-order valence-electron chi connectivity index (χ0n) is 9.81. The van der Waals surface area contributed by atoms with Crippen LogP contribution in [0.2, 0.25) is 0 Å². The SMILES string of the molecule is COCCCNC(=O)CSc1ccc(O)cc1. The van der Waals surface area contributed by atoms with Gasteiger partial charge in [0.2, 0.25) is 5.91 Å². The first-order chi connectivity index (χ1) is 8.22. The molecule has 94 valence electrons. The largest absolute Gasteiger partial charge is 0.508 e. The Balaban J connectivity index is 2.17. The Bertz CT molecular complexity index is 340. The second-order valence-electron chi connectivity index (χ2n) is 3.48. The minimum Gasteiger partial charge on any atom is -0.508 e. The summed E-state index contributed by atoms with van der Waals surface area (Å²) in [6.45, 7) is 1.30. The Morgan fingerprint density at radius 3 is 2.76 bits per heavy atom. The zero-order chi connectivity index (χ0) is 12.5. The van der Waals surface area contributed by atoms with E-state index in [1.807, 2.05) is 0 Å². The van der Waals surface area contributed by atoms with Gasteiger partial charge < -0.3 is 15.2 Å². The van der Waals surface area contributed by atoms with Crippen LogP contribution in [-0.2, 0) is 9.53 Å². The molecule has 0 radical (unpaired) electrons. The monoisotopic (exact) mass is 255 g/mol. The summed E-state index contributed by atoms with van der Waals surface area (Å²) in [5.41, 5.74) is 0. The summed E-state index contributed by atoms with van der Waals surface area (Å²) in [7, 11) is 1.64. The standard InChI is InChI=1S/C12H17NO3S/c1-16-8-2-7-13-12(15)9-17-11-5-3-10(14)4-6-11/h3-6,14H,2,7-9H2,1H3,(H,13,15). The molecule has 0 aliphatic rings. The maximum Gasteiger partial charge on any atom is 0.230 e. The van der Waals surface area contributed by atoms with Crippen molar-refractivity contribution in [1.29, 1.82) is 0 Å². The van der Waals surface area contributed by atoms with Gasteiger partial charge in [0.05, 0.1) is 5.75 Å². The number of hydrogen-bond donors (Lipinski definition) is 2. The molecular weight excluding hydrogens is 238 g/mol. The van der Waals surface area contributed by atoms with E-state index in [1.54, 1.807) is 31.4 Å². The molecule has 0 saturated heterocycles. The summed E-state index contributed by atoms with van der Waals surface area (Å²) in [4.78, 5) is 12.4. The molecule has 1 aromatic carbocycles. The van der Waals surface area contributed by atoms with Crippen molar-refractivity contribution in [3.05, 3.63) is 24.3 Å². The van der Waals surface area contributed by atoms with E-state index in [0.717, 1.165) is 11.3 Å². The van der Waals surface area contributed by atoms with E-state index in [-0.39, 0.29) is 11.7 Å². The van der Waals surface area contributed by atoms with Crippen molar-refractivity contribution >= 4 is 17.7 Å². The summed E-state index contributed by atoms with van der Waals surface area (Å²) < 4.78 is 4.88. The number of aromatic hydroxyl groups is 1. The van der Waals surface area contributed by atoms with Gasteiger partial charge >= 0.3 is 0 Å². The van der Waals surface area contributed by atoms with E-state index in [4.69, 9.17) is 9.84 Å². The lowest BCUT2D eigenvalue weighted by Gasteiger charge is -2.04. The highest BCUT2D eigenvalue weighted by molar-refractivity contribution is 8.00. The third kappa shape index (κ3) is 6.19. The van der Waals surface area contributed by atoms with E-state index in [2.05, 4.69) is 5.32 Å². The molecule has 0 fully saturated rings. The predicted molar refractivity (Wildman–Crippen MR) is 68.3 cm³/mol. The molecule has 1 rings (SSSR count). The van der Waals surface area contributed by atoms with Gasteiger partial charge in [-0.1, -0.05) is 0 Å². The molecule has 0 atom stereocenters. The summed E-state index contributed by atoms with van der Waals surface area (Å²) in [5, 5.41) is 11.9. The summed E-state index contributed by atoms with van der Waals surface area (Å²) >= 11 is 1.45. The van der Waals surface area contributed by atoms with Gasteiger partial charge in [-0.05, 0) is 30.7 Å². The minimum absolute atomic E-state index is 0.0131. The van der Waals surface area contributed by atoms with Gasteiger partial charge in [-0.2, -0.15) is 0 Å². The lowest BCUT2D eigenvalue weighted by molar-refractivity contribution is -0.118. The number of carbonyl (C=O) groups excluding carboxylic acids is 1. The number of benzene rings is 1. The molecule has 0 bridgehead atoms. The van der Waals surface area contributed by atoms with Crippen LogP contribution in [0.25, 0.3) is 0 Å². The van der Waals surface area contributed by atoms with Crippen molar-refractivity contribution in [2.24, 2.45) is 0 Å². The topological polar surface area (TPSA) is 58.6 Å². The van der Waals surface area contributed by atoms with Crippen molar-refractivity contribution in [2.75, 3.05) is 26.0 Å². The average molecular weight is 255 g/mol. The number of nitrogens with one attached hydrogen (secondary N) is 1. The third-order valence-electron chi connectivity index (χ3n) is 2.05. The Hall–Kier alpha value is -1.20. The van der Waals surface area contributed by atoms with Crippen LogP contribution in [0.3, 0.4) is 0 Å². The van der Waals surface area contributed by atoms with E-state index in [0.29, 0.717) is 18.9 Å². The molecule has 2 N–H and O–H groups in total. The predicted octanol–water partition coefficient (Wildman–Crippen LogP) is 1.64. The van der Waals surface area contributed by atoms with Crippen LogP contribution in [0.5, 0.6) is 5.75 Å². The first-order valence-corrected chi connectivity index (χ1v) is 6.38. The molecule has 0 aliphatic carbocycles. The Morgan fingerprint density at radius 1 is 1.41 bits per heavy atom. The molecule has 0 aliphatic heterocycles. The molecular formula is C12H17NO3S. The van der Waals surface area contributed by atoms with Gasteiger partial charge in [-0.25, -0.2) is 0 Å². The fourth-order valence-corrected chi connectivity index (χ4v) is 1.91. The normalized spacial score (nSPS) is 10.2. The van der Waals surface area contributed by atoms with Gasteiger partial charge in [0.1, 0.15) is 5.75 Å². The van der Waals surface area contributed by atoms with Gasteiger partial charge in [0.15, 0.2) is 0 Å². The lowest BCUT2D eigenvalue weighted by atomic mass is 10.3. The maximum absolute atomic E-state index is 11.4. The summed E-state index contributed by atoms with van der Waals surface area (Å²) in [6, 6.07) is 6.80. The van der Waals surface area contributed by atoms with E-state index < -0.39 is 0 Å². The van der Waals surface area contributed by atoms with Crippen LogP contribution in [0.1, 0.15) is 6.42 Å². The molecule has 0 spiro atoms. The number of carbonyl (C=O) groups is 1. The summed E-state index contributed by atoms with van der Waals surface area (Å²) in [5.74, 6) is 0.634. The second-order valence-corrected chi connectivity index (χ2v) is 4.53. The van der Waals surface area contributed by atoms with Crippen molar-refractivity contribution in [2.45, 2.75) is 11.3 Å². The molecule has 0 aromatic heterocycles. The molecule has 1 aromatic rings. The Labute approximate surface area is 105 Å². The number of hydrogen-bond acceptors (Lipinski definition) is 4. The van der Waals surface area contributed by atoms with Gasteiger partial charge in [0.25, 0.3) is 0 Å². The van der Waals surface area contributed by atoms with E-state index in [9.17, 15) is 4.79 Å². The maximum atomic E-state index is 11.4. The quantitative estimate of drug-likeness (QED) is 0.574. The Morgan fingerprint density at radius 2 is 2.12 bits per heavy atom. The molecule has 5 heteroatoms. The van der Waals surface area contributed by atoms with Crippen molar-refractivity contribution < 1.29 is 14.6 Å². The van der Waals surface area contributed by atoms with Gasteiger partial charge in [-0.3, -0.25) is 4.79 Å². The fraction of sp³-hybridized carbons (Fsp3) is 0.417. The van der Waals surface area contributed by atoms with E-state index >= 15 is 0 Å². The molecule has 0 unspecified atom stereocenters. The smallest absolute Gasteiger partial charge is 0.230 e. The van der Waals surface area contributed by atoms with Crippen molar-refractivity contribution in [3.63, 3.8) is 0 Å². The highest BCUT2D eigenvalue weighted by atomic mass is 32.2. The number of amides is 1. The van der Waals surface area contributed by atoms with Crippen molar-refractivity contribution in [3.8, 4) is 5.75 Å². The van der Waals surface area contributed by atoms with Gasteiger partial charge in [0, 0.05) is 25.2 Å². The van der Waals surface area contributed by atoms with Crippen LogP contribution in [0.4, 0.5) is 0 Å². The van der Waals surface area contributed by atoms with E-state index in [1.165, 1.54) is 11.8 Å². The van der Waals surface area contributed by atoms with Crippen LogP contribution in [0, 0.1) is 0 Å². The lowest BCUT2D eigenvalue weighted by Crippen LogP contribution is -2.26. The molecule has 0 saturated carbocycles. The number of rotatable bonds is 7. The number of ether oxygens (including phenoxy) is 1. The molecule has 4 nitrogen and oxygen atoms in total. The molecule has 1 amide bonds. The van der Waals surface area contributed by atoms with Crippen molar-refractivity contribution in [1.82, 2.24) is 5.32 Å². The third-order valence-corrected chi connectivity index (χ3v) is 3.07. The number of thioether (sulfide) groups is 1. The first-order valence-electron chi connectivity index (χ1n) is 5.40. The summed E-state index contributed by atoms with van der Waals surface area (Å²) in [6.07, 6.45) is 0.826. The average Bonchev–Trinajstić information content (AvgIpc) is 2.34. The minimum atomic E-state index is 0.0131. The Kier molecular flexibility index (Phi) is 6.50. The van der Waals surface area contributed by atoms with Crippen LogP contribution >= 0.6 is 11.8 Å². The zero-order valence-corrected chi connectivity index (χ0v) is 10.6. The second kappa shape index (κ2) is 7.97. The first kappa shape index (κ1) is 13.9. The van der Waals surface area contributed by atoms with Gasteiger partial charge in [-0.15, -0.1) is 11.8 Å².